The molecule has 0 bridgehead atoms. The zero-order valence-electron chi connectivity index (χ0n) is 10.9. The van der Waals surface area contributed by atoms with E-state index in [0.717, 1.165) is 18.2 Å². The first-order valence-electron chi connectivity index (χ1n) is 5.88. The van der Waals surface area contributed by atoms with Gasteiger partial charge in [-0.2, -0.15) is 0 Å². The van der Waals surface area contributed by atoms with Crippen molar-refractivity contribution in [2.24, 2.45) is 5.14 Å². The number of primary sulfonamides is 1. The minimum Gasteiger partial charge on any atom is -0.487 e. The van der Waals surface area contributed by atoms with Crippen molar-refractivity contribution in [2.75, 3.05) is 18.1 Å². The van der Waals surface area contributed by atoms with E-state index in [-0.39, 0.29) is 22.9 Å². The number of nitrogens with zero attached hydrogens (tertiary/aromatic N) is 1. The summed E-state index contributed by atoms with van der Waals surface area (Å²) in [5.41, 5.74) is -0.139. The molecule has 0 heterocycles. The van der Waals surface area contributed by atoms with Crippen molar-refractivity contribution in [1.29, 1.82) is 0 Å². The summed E-state index contributed by atoms with van der Waals surface area (Å²) in [7, 11) is -3.57. The van der Waals surface area contributed by atoms with Gasteiger partial charge in [0.05, 0.1) is 22.2 Å². The van der Waals surface area contributed by atoms with E-state index in [1.165, 1.54) is 6.07 Å². The van der Waals surface area contributed by atoms with Crippen LogP contribution >= 0.6 is 11.8 Å². The maximum Gasteiger partial charge on any atom is 0.324 e. The molecule has 0 aliphatic rings. The van der Waals surface area contributed by atoms with Crippen LogP contribution in [0, 0.1) is 10.1 Å². The summed E-state index contributed by atoms with van der Waals surface area (Å²) < 4.78 is 27.0. The number of thioether (sulfide) groups is 1. The molecule has 1 aromatic carbocycles. The van der Waals surface area contributed by atoms with Crippen LogP contribution in [0.2, 0.25) is 0 Å². The van der Waals surface area contributed by atoms with E-state index >= 15 is 0 Å². The Labute approximate surface area is 121 Å². The standard InChI is InChI=1S/C11H16N2O5S2/c1-2-6-18-9-4-3-5-10(11(9)13(14)15)19-7-8-20(12,16)17/h3-5H,2,6-8H2,1H3,(H2,12,16,17). The van der Waals surface area contributed by atoms with Gasteiger partial charge >= 0.3 is 5.69 Å². The molecule has 7 nitrogen and oxygen atoms in total. The summed E-state index contributed by atoms with van der Waals surface area (Å²) in [6, 6.07) is 4.72. The Bertz CT molecular complexity index is 574. The summed E-state index contributed by atoms with van der Waals surface area (Å²) >= 11 is 1.07. The van der Waals surface area contributed by atoms with Gasteiger partial charge in [-0.05, 0) is 18.6 Å². The summed E-state index contributed by atoms with van der Waals surface area (Å²) in [4.78, 5) is 11.0. The molecule has 0 aliphatic carbocycles. The van der Waals surface area contributed by atoms with Gasteiger partial charge in [0.2, 0.25) is 10.0 Å². The Morgan fingerprint density at radius 1 is 1.45 bits per heavy atom. The van der Waals surface area contributed by atoms with Gasteiger partial charge in [-0.25, -0.2) is 13.6 Å². The number of rotatable bonds is 8. The molecule has 0 atom stereocenters. The SMILES string of the molecule is CCCOc1cccc(SCCS(N)(=O)=O)c1[N+](=O)[O-]. The van der Waals surface area contributed by atoms with E-state index in [1.54, 1.807) is 12.1 Å². The van der Waals surface area contributed by atoms with Gasteiger partial charge in [-0.3, -0.25) is 10.1 Å². The van der Waals surface area contributed by atoms with E-state index in [4.69, 9.17) is 9.88 Å². The number of hydrogen-bond acceptors (Lipinski definition) is 6. The smallest absolute Gasteiger partial charge is 0.324 e. The number of nitro groups is 1. The molecule has 20 heavy (non-hydrogen) atoms. The van der Waals surface area contributed by atoms with Crippen LogP contribution in [0.15, 0.2) is 23.1 Å². The fraction of sp³-hybridized carbons (Fsp3) is 0.455. The minimum atomic E-state index is -3.57. The molecule has 0 aliphatic heterocycles. The summed E-state index contributed by atoms with van der Waals surface area (Å²) in [6.45, 7) is 2.28. The van der Waals surface area contributed by atoms with Crippen LogP contribution < -0.4 is 9.88 Å². The molecule has 0 spiro atoms. The van der Waals surface area contributed by atoms with E-state index in [1.807, 2.05) is 6.92 Å². The van der Waals surface area contributed by atoms with Crippen LogP contribution in [0.5, 0.6) is 5.75 Å². The Kier molecular flexibility index (Phi) is 6.24. The fourth-order valence-electron chi connectivity index (χ4n) is 1.39. The van der Waals surface area contributed by atoms with Gasteiger partial charge in [-0.1, -0.05) is 13.0 Å². The topological polar surface area (TPSA) is 113 Å². The van der Waals surface area contributed by atoms with Gasteiger partial charge in [0.15, 0.2) is 5.75 Å². The summed E-state index contributed by atoms with van der Waals surface area (Å²) in [5, 5.41) is 16.0. The lowest BCUT2D eigenvalue weighted by atomic mass is 10.3. The van der Waals surface area contributed by atoms with Gasteiger partial charge in [-0.15, -0.1) is 11.8 Å². The quantitative estimate of drug-likeness (QED) is 0.443. The summed E-state index contributed by atoms with van der Waals surface area (Å²) in [6.07, 6.45) is 0.736. The molecule has 0 saturated heterocycles. The first kappa shape index (κ1) is 16.7. The second kappa shape index (κ2) is 7.46. The van der Waals surface area contributed by atoms with Crippen LogP contribution in [0.4, 0.5) is 5.69 Å². The number of nitro benzene ring substituents is 1. The molecule has 0 amide bonds. The third kappa shape index (κ3) is 5.35. The third-order valence-electron chi connectivity index (χ3n) is 2.23. The van der Waals surface area contributed by atoms with Gasteiger partial charge in [0, 0.05) is 5.75 Å². The Hall–Kier alpha value is -1.32. The van der Waals surface area contributed by atoms with Crippen molar-refractivity contribution in [3.05, 3.63) is 28.3 Å². The highest BCUT2D eigenvalue weighted by Gasteiger charge is 2.21. The molecule has 0 fully saturated rings. The number of benzene rings is 1. The molecule has 0 unspecified atom stereocenters. The predicted octanol–water partition coefficient (Wildman–Crippen LogP) is 1.76. The minimum absolute atomic E-state index is 0.139. The van der Waals surface area contributed by atoms with Crippen molar-refractivity contribution in [3.63, 3.8) is 0 Å². The normalized spacial score (nSPS) is 11.3. The molecule has 0 saturated carbocycles. The molecule has 0 radical (unpaired) electrons. The van der Waals surface area contributed by atoms with E-state index < -0.39 is 14.9 Å². The monoisotopic (exact) mass is 320 g/mol. The van der Waals surface area contributed by atoms with Crippen molar-refractivity contribution in [1.82, 2.24) is 0 Å². The maximum atomic E-state index is 11.1. The highest BCUT2D eigenvalue weighted by Crippen LogP contribution is 2.37. The van der Waals surface area contributed by atoms with Crippen LogP contribution in [0.3, 0.4) is 0 Å². The Morgan fingerprint density at radius 2 is 2.15 bits per heavy atom. The largest absolute Gasteiger partial charge is 0.487 e. The molecule has 112 valence electrons. The first-order chi connectivity index (χ1) is 9.35. The number of para-hydroxylation sites is 1. The predicted molar refractivity (Wildman–Crippen MR) is 77.6 cm³/mol. The average Bonchev–Trinajstić information content (AvgIpc) is 2.34. The van der Waals surface area contributed by atoms with Crippen LogP contribution in [0.25, 0.3) is 0 Å². The number of ether oxygens (including phenoxy) is 1. The first-order valence-corrected chi connectivity index (χ1v) is 8.58. The van der Waals surface area contributed by atoms with E-state index in [9.17, 15) is 18.5 Å². The lowest BCUT2D eigenvalue weighted by Gasteiger charge is -2.08. The average molecular weight is 320 g/mol. The number of nitrogens with two attached hydrogens (primary N) is 1. The molecular weight excluding hydrogens is 304 g/mol. The van der Waals surface area contributed by atoms with E-state index in [0.29, 0.717) is 11.5 Å². The fourth-order valence-corrected chi connectivity index (χ4v) is 3.36. The molecular formula is C11H16N2O5S2. The van der Waals surface area contributed by atoms with Crippen LogP contribution in [-0.2, 0) is 10.0 Å². The molecule has 2 N–H and O–H groups in total. The van der Waals surface area contributed by atoms with Gasteiger partial charge in [0.25, 0.3) is 0 Å². The van der Waals surface area contributed by atoms with Crippen LogP contribution in [0.1, 0.15) is 13.3 Å². The molecule has 9 heteroatoms. The molecule has 0 aromatic heterocycles. The van der Waals surface area contributed by atoms with Gasteiger partial charge < -0.3 is 4.74 Å². The number of hydrogen-bond donors (Lipinski definition) is 1. The number of sulfonamides is 1. The zero-order valence-corrected chi connectivity index (χ0v) is 12.6. The van der Waals surface area contributed by atoms with Crippen molar-refractivity contribution < 1.29 is 18.1 Å². The Balaban J connectivity index is 2.91. The highest BCUT2D eigenvalue weighted by atomic mass is 32.2. The molecule has 1 rings (SSSR count). The van der Waals surface area contributed by atoms with Crippen molar-refractivity contribution in [2.45, 2.75) is 18.2 Å². The third-order valence-corrected chi connectivity index (χ3v) is 4.31. The maximum absolute atomic E-state index is 11.1. The van der Waals surface area contributed by atoms with Crippen molar-refractivity contribution >= 4 is 27.5 Å². The van der Waals surface area contributed by atoms with Gasteiger partial charge in [0.1, 0.15) is 0 Å². The molecule has 1 aromatic rings. The zero-order chi connectivity index (χ0) is 15.2. The summed E-state index contributed by atoms with van der Waals surface area (Å²) in [5.74, 6) is 0.101. The van der Waals surface area contributed by atoms with E-state index in [2.05, 4.69) is 0 Å². The van der Waals surface area contributed by atoms with Crippen molar-refractivity contribution in [3.8, 4) is 5.75 Å². The van der Waals surface area contributed by atoms with Crippen LogP contribution in [-0.4, -0.2) is 31.5 Å². The second-order valence-electron chi connectivity index (χ2n) is 3.92. The second-order valence-corrected chi connectivity index (χ2v) is 6.79. The highest BCUT2D eigenvalue weighted by molar-refractivity contribution is 8.00. The Morgan fingerprint density at radius 3 is 2.70 bits per heavy atom. The lowest BCUT2D eigenvalue weighted by molar-refractivity contribution is -0.388. The lowest BCUT2D eigenvalue weighted by Crippen LogP contribution is -2.17.